The van der Waals surface area contributed by atoms with Gasteiger partial charge in [0.2, 0.25) is 0 Å². The van der Waals surface area contributed by atoms with E-state index in [1.165, 1.54) is 21.2 Å². The quantitative estimate of drug-likeness (QED) is 0.0965. The molecule has 0 aliphatic heterocycles. The summed E-state index contributed by atoms with van der Waals surface area (Å²) in [4.78, 5) is 0. The van der Waals surface area contributed by atoms with E-state index in [1.54, 1.807) is 0 Å². The number of hydrogen-bond acceptors (Lipinski definition) is 0. The van der Waals surface area contributed by atoms with Gasteiger partial charge in [0.15, 0.2) is 0 Å². The molecule has 4 aromatic carbocycles. The van der Waals surface area contributed by atoms with E-state index in [0.29, 0.717) is 26.4 Å². The molecule has 0 nitrogen and oxygen atoms in total. The SMILES string of the molecule is [Cl][Ni]([Cl])([CH](CCPc1ccccc1)Pc1ccccc1)[CH](CCPc1ccccc1)Pc1ccccc1. The molecular weight excluding hydrogens is 614 g/mol. The van der Waals surface area contributed by atoms with Crippen LogP contribution in [0.1, 0.15) is 12.8 Å². The van der Waals surface area contributed by atoms with E-state index in [2.05, 4.69) is 121 Å². The fourth-order valence-electron chi connectivity index (χ4n) is 3.85. The normalized spacial score (nSPS) is 15.0. The molecule has 198 valence electrons. The van der Waals surface area contributed by atoms with Crippen LogP contribution < -0.4 is 21.2 Å². The molecule has 4 rings (SSSR count). The van der Waals surface area contributed by atoms with Gasteiger partial charge in [-0.1, -0.05) is 0 Å². The van der Waals surface area contributed by atoms with Crippen LogP contribution in [0.3, 0.4) is 0 Å². The molecule has 0 amide bonds. The van der Waals surface area contributed by atoms with E-state index < -0.39 is 10.6 Å². The van der Waals surface area contributed by atoms with Gasteiger partial charge in [0.25, 0.3) is 0 Å². The molecule has 0 aliphatic rings. The Bertz CT molecular complexity index is 1070. The van der Waals surface area contributed by atoms with Gasteiger partial charge in [-0.05, 0) is 0 Å². The van der Waals surface area contributed by atoms with Gasteiger partial charge in [-0.25, -0.2) is 0 Å². The Morgan fingerprint density at radius 2 is 0.757 bits per heavy atom. The molecular formula is C30H34Cl2NiP4. The molecule has 0 saturated heterocycles. The third-order valence-electron chi connectivity index (χ3n) is 5.73. The van der Waals surface area contributed by atoms with Gasteiger partial charge < -0.3 is 0 Å². The molecule has 0 fully saturated rings. The Labute approximate surface area is 240 Å². The average Bonchev–Trinajstić information content (AvgIpc) is 2.94. The summed E-state index contributed by atoms with van der Waals surface area (Å²) in [5.41, 5.74) is 0. The maximum absolute atomic E-state index is 7.61. The van der Waals surface area contributed by atoms with E-state index in [4.69, 9.17) is 20.4 Å². The Kier molecular flexibility index (Phi) is 12.9. The van der Waals surface area contributed by atoms with Gasteiger partial charge in [0.05, 0.1) is 0 Å². The van der Waals surface area contributed by atoms with Crippen molar-refractivity contribution in [1.82, 2.24) is 0 Å². The van der Waals surface area contributed by atoms with Gasteiger partial charge in [-0.3, -0.25) is 0 Å². The topological polar surface area (TPSA) is 0 Å². The van der Waals surface area contributed by atoms with Crippen molar-refractivity contribution in [2.45, 2.75) is 22.1 Å². The summed E-state index contributed by atoms with van der Waals surface area (Å²) < 4.78 is 0.624. The fraction of sp³-hybridized carbons (Fsp3) is 0.200. The van der Waals surface area contributed by atoms with E-state index in [1.807, 2.05) is 0 Å². The van der Waals surface area contributed by atoms with Crippen LogP contribution in [-0.4, -0.2) is 21.6 Å². The predicted octanol–water partition coefficient (Wildman–Crippen LogP) is 7.90. The van der Waals surface area contributed by atoms with Crippen LogP contribution in [0.4, 0.5) is 0 Å². The third-order valence-corrected chi connectivity index (χ3v) is 21.1. The summed E-state index contributed by atoms with van der Waals surface area (Å²) in [6, 6.07) is 43.3. The van der Waals surface area contributed by atoms with Crippen LogP contribution in [0.5, 0.6) is 0 Å². The van der Waals surface area contributed by atoms with Gasteiger partial charge in [0.1, 0.15) is 0 Å². The van der Waals surface area contributed by atoms with Crippen molar-refractivity contribution < 1.29 is 10.6 Å². The first-order valence-electron chi connectivity index (χ1n) is 12.3. The zero-order valence-electron chi connectivity index (χ0n) is 20.6. The van der Waals surface area contributed by atoms with Crippen molar-refractivity contribution in [3.05, 3.63) is 121 Å². The molecule has 0 saturated carbocycles. The Morgan fingerprint density at radius 1 is 0.459 bits per heavy atom. The first-order chi connectivity index (χ1) is 18.1. The fourth-order valence-corrected chi connectivity index (χ4v) is 17.4. The molecule has 37 heavy (non-hydrogen) atoms. The van der Waals surface area contributed by atoms with Gasteiger partial charge in [-0.2, -0.15) is 0 Å². The van der Waals surface area contributed by atoms with E-state index in [0.717, 1.165) is 42.3 Å². The average molecular weight is 648 g/mol. The Hall–Kier alpha value is -0.326. The zero-order valence-corrected chi connectivity index (χ0v) is 27.1. The summed E-state index contributed by atoms with van der Waals surface area (Å²) in [7, 11) is 16.0. The summed E-state index contributed by atoms with van der Waals surface area (Å²) in [6.45, 7) is 0. The molecule has 0 radical (unpaired) electrons. The molecule has 0 bridgehead atoms. The van der Waals surface area contributed by atoms with E-state index in [9.17, 15) is 0 Å². The van der Waals surface area contributed by atoms with Crippen molar-refractivity contribution >= 4 is 75.9 Å². The Morgan fingerprint density at radius 3 is 1.08 bits per heavy atom. The minimum atomic E-state index is -2.03. The summed E-state index contributed by atoms with van der Waals surface area (Å²) in [5, 5.41) is 5.57. The monoisotopic (exact) mass is 646 g/mol. The minimum absolute atomic E-state index is 0.312. The number of benzene rings is 4. The first kappa shape index (κ1) is 29.7. The van der Waals surface area contributed by atoms with Crippen molar-refractivity contribution in [1.29, 1.82) is 0 Å². The molecule has 4 aromatic rings. The van der Waals surface area contributed by atoms with Crippen molar-refractivity contribution in [3.63, 3.8) is 0 Å². The summed E-state index contributed by atoms with van der Waals surface area (Å²) in [6.07, 6.45) is 4.42. The zero-order chi connectivity index (χ0) is 25.8. The predicted molar refractivity (Wildman–Crippen MR) is 176 cm³/mol. The Balaban J connectivity index is 1.52. The first-order valence-corrected chi connectivity index (χ1v) is 20.8. The van der Waals surface area contributed by atoms with E-state index in [-0.39, 0.29) is 0 Å². The van der Waals surface area contributed by atoms with Crippen LogP contribution >= 0.6 is 54.7 Å². The van der Waals surface area contributed by atoms with Gasteiger partial charge >= 0.3 is 242 Å². The third kappa shape index (κ3) is 9.98. The van der Waals surface area contributed by atoms with Crippen molar-refractivity contribution in [2.75, 3.05) is 12.3 Å². The second-order valence-corrected chi connectivity index (χ2v) is 21.9. The molecule has 6 unspecified atom stereocenters. The summed E-state index contributed by atoms with van der Waals surface area (Å²) in [5.74, 6) is 0. The number of rotatable bonds is 14. The molecule has 7 heteroatoms. The molecule has 0 spiro atoms. The second-order valence-electron chi connectivity index (χ2n) is 8.46. The standard InChI is InChI=1S/2C15H17P2.2ClH.Ni/c2*1-3-8-14(9-4-1)16-12-7-13-17-15-10-5-2-6-11-15;;;/h2*1-6,8-12,16-17H,7,13H2;2*1H;/q;;;;+2/p-2. The van der Waals surface area contributed by atoms with Gasteiger partial charge in [-0.15, -0.1) is 0 Å². The maximum atomic E-state index is 7.61. The number of hydrogen-bond donors (Lipinski definition) is 0. The molecule has 0 aromatic heterocycles. The van der Waals surface area contributed by atoms with Crippen molar-refractivity contribution in [3.8, 4) is 0 Å². The molecule has 6 atom stereocenters. The molecule has 0 aliphatic carbocycles. The second kappa shape index (κ2) is 16.1. The molecule has 0 N–H and O–H groups in total. The number of halogens is 2. The van der Waals surface area contributed by atoms with E-state index >= 15 is 0 Å². The van der Waals surface area contributed by atoms with Gasteiger partial charge in [0, 0.05) is 0 Å². The van der Waals surface area contributed by atoms with Crippen LogP contribution in [-0.2, 0) is 10.6 Å². The summed E-state index contributed by atoms with van der Waals surface area (Å²) >= 11 is 0. The molecule has 0 heterocycles. The van der Waals surface area contributed by atoms with Crippen LogP contribution in [0.2, 0.25) is 0 Å². The van der Waals surface area contributed by atoms with Crippen molar-refractivity contribution in [2.24, 2.45) is 0 Å². The van der Waals surface area contributed by atoms with Crippen LogP contribution in [0.15, 0.2) is 121 Å². The van der Waals surface area contributed by atoms with Crippen LogP contribution in [0, 0.1) is 0 Å². The van der Waals surface area contributed by atoms with Crippen LogP contribution in [0.25, 0.3) is 0 Å².